The number of H-pyrrole nitrogens is 1. The van der Waals surface area contributed by atoms with Gasteiger partial charge in [0.1, 0.15) is 0 Å². The van der Waals surface area contributed by atoms with Gasteiger partial charge in [0.2, 0.25) is 5.95 Å². The maximum Gasteiger partial charge on any atom is 0.261 e. The van der Waals surface area contributed by atoms with Crippen LogP contribution in [0.15, 0.2) is 59.8 Å². The molecule has 2 amide bonds. The molecule has 0 spiro atoms. The molecule has 0 radical (unpaired) electrons. The maximum absolute atomic E-state index is 13.2. The fraction of sp³-hybridized carbons (Fsp3) is 0.259. The zero-order valence-electron chi connectivity index (χ0n) is 20.6. The van der Waals surface area contributed by atoms with Crippen LogP contribution in [-0.4, -0.2) is 70.9 Å². The monoisotopic (exact) mass is 507 g/mol. The molecule has 2 aromatic heterocycles. The smallest absolute Gasteiger partial charge is 0.261 e. The van der Waals surface area contributed by atoms with Gasteiger partial charge in [0.25, 0.3) is 11.8 Å². The highest BCUT2D eigenvalue weighted by Gasteiger charge is 2.36. The van der Waals surface area contributed by atoms with Gasteiger partial charge in [0.05, 0.1) is 22.4 Å². The minimum Gasteiger partial charge on any atom is -0.361 e. The fourth-order valence-electron chi connectivity index (χ4n) is 5.19. The Kier molecular flexibility index (Phi) is 6.20. The van der Waals surface area contributed by atoms with Crippen LogP contribution in [0.2, 0.25) is 0 Å². The quantitative estimate of drug-likeness (QED) is 0.129. The van der Waals surface area contributed by atoms with Crippen LogP contribution in [0.3, 0.4) is 0 Å². The molecule has 190 valence electrons. The number of anilines is 1. The van der Waals surface area contributed by atoms with Crippen molar-refractivity contribution in [2.24, 2.45) is 5.11 Å². The summed E-state index contributed by atoms with van der Waals surface area (Å²) in [6.45, 7) is 4.44. The minimum atomic E-state index is -0.463. The van der Waals surface area contributed by atoms with Crippen LogP contribution in [0.4, 0.5) is 5.95 Å². The lowest BCUT2D eigenvalue weighted by Gasteiger charge is -2.34. The van der Waals surface area contributed by atoms with Gasteiger partial charge in [-0.15, -0.1) is 0 Å². The predicted octanol–water partition coefficient (Wildman–Crippen LogP) is 3.50. The Morgan fingerprint density at radius 3 is 2.47 bits per heavy atom. The molecule has 11 heteroatoms. The number of carbonyl (C=O) groups excluding carboxylic acids is 2. The number of hydrogen-bond donors (Lipinski definition) is 2. The summed E-state index contributed by atoms with van der Waals surface area (Å²) < 4.78 is 0. The van der Waals surface area contributed by atoms with Gasteiger partial charge in [-0.3, -0.25) is 19.8 Å². The van der Waals surface area contributed by atoms with Crippen LogP contribution in [0, 0.1) is 0 Å². The van der Waals surface area contributed by atoms with Crippen molar-refractivity contribution >= 4 is 50.7 Å². The second-order valence-electron chi connectivity index (χ2n) is 9.31. The van der Waals surface area contributed by atoms with Gasteiger partial charge in [-0.1, -0.05) is 41.5 Å². The van der Waals surface area contributed by atoms with Crippen LogP contribution < -0.4 is 10.2 Å². The Morgan fingerprint density at radius 2 is 1.66 bits per heavy atom. The minimum absolute atomic E-state index is 0.260. The number of imide groups is 1. The first-order valence-electron chi connectivity index (χ1n) is 12.6. The number of aromatic nitrogens is 3. The van der Waals surface area contributed by atoms with Gasteiger partial charge < -0.3 is 9.88 Å². The Bertz CT molecular complexity index is 1640. The molecule has 0 saturated carbocycles. The topological polar surface area (TPSA) is 143 Å². The molecule has 1 fully saturated rings. The highest BCUT2D eigenvalue weighted by atomic mass is 16.2. The molecule has 2 aromatic carbocycles. The van der Waals surface area contributed by atoms with Crippen LogP contribution in [0.25, 0.3) is 43.4 Å². The number of para-hydroxylation sites is 2. The molecule has 0 unspecified atom stereocenters. The van der Waals surface area contributed by atoms with Crippen molar-refractivity contribution < 1.29 is 9.59 Å². The van der Waals surface area contributed by atoms with E-state index in [2.05, 4.69) is 30.1 Å². The number of azide groups is 1. The number of fused-ring (bicyclic) bond motifs is 2. The number of amides is 2. The van der Waals surface area contributed by atoms with E-state index in [1.165, 1.54) is 0 Å². The van der Waals surface area contributed by atoms with Gasteiger partial charge in [0.15, 0.2) is 0 Å². The lowest BCUT2D eigenvalue weighted by molar-refractivity contribution is -0.122. The van der Waals surface area contributed by atoms with Gasteiger partial charge in [-0.25, -0.2) is 9.97 Å². The van der Waals surface area contributed by atoms with Crippen LogP contribution >= 0.6 is 0 Å². The first kappa shape index (κ1) is 23.7. The zero-order valence-corrected chi connectivity index (χ0v) is 20.6. The molecule has 2 aliphatic heterocycles. The average molecular weight is 508 g/mol. The van der Waals surface area contributed by atoms with Crippen LogP contribution in [0.5, 0.6) is 0 Å². The normalized spacial score (nSPS) is 16.4. The Labute approximate surface area is 217 Å². The summed E-state index contributed by atoms with van der Waals surface area (Å²) in [5, 5.41) is 7.67. The molecule has 0 bridgehead atoms. The first-order chi connectivity index (χ1) is 18.6. The van der Waals surface area contributed by atoms with Gasteiger partial charge in [-0.2, -0.15) is 0 Å². The van der Waals surface area contributed by atoms with E-state index < -0.39 is 11.8 Å². The molecule has 4 aromatic rings. The van der Waals surface area contributed by atoms with Crippen molar-refractivity contribution in [2.45, 2.75) is 6.42 Å². The summed E-state index contributed by atoms with van der Waals surface area (Å²) >= 11 is 0. The molecule has 38 heavy (non-hydrogen) atoms. The predicted molar refractivity (Wildman–Crippen MR) is 145 cm³/mol. The molecule has 2 aliphatic rings. The molecule has 2 N–H and O–H groups in total. The van der Waals surface area contributed by atoms with E-state index in [-0.39, 0.29) is 5.57 Å². The second kappa shape index (κ2) is 9.97. The number of carbonyl (C=O) groups is 2. The molecule has 11 nitrogen and oxygen atoms in total. The fourth-order valence-corrected chi connectivity index (χ4v) is 5.19. The average Bonchev–Trinajstić information content (AvgIpc) is 3.50. The first-order valence-corrected chi connectivity index (χ1v) is 12.6. The van der Waals surface area contributed by atoms with Crippen molar-refractivity contribution in [2.75, 3.05) is 44.2 Å². The van der Waals surface area contributed by atoms with Crippen molar-refractivity contribution in [3.8, 4) is 0 Å². The zero-order chi connectivity index (χ0) is 26.1. The van der Waals surface area contributed by atoms with E-state index in [1.54, 1.807) is 6.20 Å². The molecule has 0 atom stereocenters. The third kappa shape index (κ3) is 4.23. The number of rotatable bonds is 7. The summed E-state index contributed by atoms with van der Waals surface area (Å²) in [7, 11) is 0. The molecule has 6 rings (SSSR count). The largest absolute Gasteiger partial charge is 0.361 e. The molecule has 1 saturated heterocycles. The van der Waals surface area contributed by atoms with Crippen LogP contribution in [0.1, 0.15) is 17.7 Å². The molecular formula is C27H25N9O2. The number of benzene rings is 2. The molecule has 0 aliphatic carbocycles. The summed E-state index contributed by atoms with van der Waals surface area (Å²) in [6.07, 6.45) is 2.58. The van der Waals surface area contributed by atoms with Crippen LogP contribution in [-0.2, 0) is 9.59 Å². The van der Waals surface area contributed by atoms with Crippen molar-refractivity contribution in [3.63, 3.8) is 0 Å². The van der Waals surface area contributed by atoms with Gasteiger partial charge >= 0.3 is 0 Å². The Morgan fingerprint density at radius 1 is 0.921 bits per heavy atom. The van der Waals surface area contributed by atoms with E-state index in [9.17, 15) is 9.59 Å². The third-order valence-corrected chi connectivity index (χ3v) is 7.07. The number of nitrogens with one attached hydrogen (secondary N) is 2. The number of nitrogens with zero attached hydrogens (tertiary/aromatic N) is 7. The van der Waals surface area contributed by atoms with E-state index in [4.69, 9.17) is 15.5 Å². The Hall–Kier alpha value is -4.73. The maximum atomic E-state index is 13.2. The van der Waals surface area contributed by atoms with Gasteiger partial charge in [-0.05, 0) is 30.6 Å². The van der Waals surface area contributed by atoms with Crippen molar-refractivity contribution in [1.82, 2.24) is 25.2 Å². The second-order valence-corrected chi connectivity index (χ2v) is 9.31. The standard InChI is InChI=1S/C27H25N9O2/c28-34-30-10-5-11-35-12-14-36(15-13-35)27-31-21-9-4-2-7-18(21)24(32-27)23-22(25(37)33-26(23)38)19-16-29-20-8-3-1-6-17(19)20/h1-4,6-9,16,29H,5,10-15H2,(H,33,37,38). The van der Waals surface area contributed by atoms with E-state index in [1.807, 2.05) is 48.5 Å². The molecule has 4 heterocycles. The summed E-state index contributed by atoms with van der Waals surface area (Å²) in [4.78, 5) is 46.5. The number of aromatic amines is 1. The highest BCUT2D eigenvalue weighted by Crippen LogP contribution is 2.37. The Balaban J connectivity index is 1.40. The summed E-state index contributed by atoms with van der Waals surface area (Å²) in [5.41, 5.74) is 11.7. The highest BCUT2D eigenvalue weighted by molar-refractivity contribution is 6.50. The lowest BCUT2D eigenvalue weighted by atomic mass is 9.97. The summed E-state index contributed by atoms with van der Waals surface area (Å²) in [5.74, 6) is -0.367. The van der Waals surface area contributed by atoms with E-state index >= 15 is 0 Å². The van der Waals surface area contributed by atoms with E-state index in [0.29, 0.717) is 40.2 Å². The SMILES string of the molecule is [N-]=[N+]=NCCCN1CCN(c2nc(C3=C(c4c[nH]c5ccccc45)C(=O)NC3=O)c3ccccc3n2)CC1. The summed E-state index contributed by atoms with van der Waals surface area (Å²) in [6, 6.07) is 15.2. The lowest BCUT2D eigenvalue weighted by Crippen LogP contribution is -2.47. The van der Waals surface area contributed by atoms with Gasteiger partial charge in [0, 0.05) is 65.7 Å². The number of piperazine rings is 1. The molecular weight excluding hydrogens is 482 g/mol. The number of hydrogen-bond acceptors (Lipinski definition) is 7. The van der Waals surface area contributed by atoms with E-state index in [0.717, 1.165) is 50.0 Å². The van der Waals surface area contributed by atoms with Crippen molar-refractivity contribution in [1.29, 1.82) is 0 Å². The van der Waals surface area contributed by atoms with Crippen molar-refractivity contribution in [3.05, 3.63) is 76.4 Å². The third-order valence-electron chi connectivity index (χ3n) is 7.07.